The Morgan fingerprint density at radius 2 is 2.23 bits per heavy atom. The van der Waals surface area contributed by atoms with Gasteiger partial charge in [-0.3, -0.25) is 0 Å². The molecule has 0 radical (unpaired) electrons. The Balaban J connectivity index is 2.52. The SMILES string of the molecule is COc1cc2c(cc1C)CNC=C2. The van der Waals surface area contributed by atoms with E-state index in [9.17, 15) is 0 Å². The van der Waals surface area contributed by atoms with Gasteiger partial charge < -0.3 is 10.1 Å². The molecule has 0 saturated heterocycles. The molecule has 0 atom stereocenters. The average Bonchev–Trinajstić information content (AvgIpc) is 2.17. The van der Waals surface area contributed by atoms with Crippen LogP contribution in [0.5, 0.6) is 5.75 Å². The van der Waals surface area contributed by atoms with Crippen molar-refractivity contribution in [3.63, 3.8) is 0 Å². The average molecular weight is 175 g/mol. The van der Waals surface area contributed by atoms with Crippen LogP contribution in [0.15, 0.2) is 18.3 Å². The van der Waals surface area contributed by atoms with Crippen LogP contribution in [-0.4, -0.2) is 7.11 Å². The number of aryl methyl sites for hydroxylation is 1. The van der Waals surface area contributed by atoms with Crippen LogP contribution in [-0.2, 0) is 6.54 Å². The second kappa shape index (κ2) is 3.13. The lowest BCUT2D eigenvalue weighted by atomic mass is 10.0. The topological polar surface area (TPSA) is 21.3 Å². The summed E-state index contributed by atoms with van der Waals surface area (Å²) in [6.45, 7) is 2.98. The molecular formula is C11H13NO. The second-order valence-electron chi connectivity index (χ2n) is 3.23. The van der Waals surface area contributed by atoms with E-state index in [0.717, 1.165) is 12.3 Å². The fourth-order valence-corrected chi connectivity index (χ4v) is 1.61. The van der Waals surface area contributed by atoms with Crippen molar-refractivity contribution in [3.8, 4) is 5.75 Å². The van der Waals surface area contributed by atoms with Crippen LogP contribution in [0.3, 0.4) is 0 Å². The van der Waals surface area contributed by atoms with Crippen molar-refractivity contribution in [2.75, 3.05) is 7.11 Å². The van der Waals surface area contributed by atoms with Crippen LogP contribution in [0.25, 0.3) is 6.08 Å². The maximum atomic E-state index is 5.26. The maximum absolute atomic E-state index is 5.26. The number of fused-ring (bicyclic) bond motifs is 1. The molecule has 0 saturated carbocycles. The quantitative estimate of drug-likeness (QED) is 0.705. The van der Waals surface area contributed by atoms with Gasteiger partial charge in [0.1, 0.15) is 5.75 Å². The van der Waals surface area contributed by atoms with Gasteiger partial charge in [0.15, 0.2) is 0 Å². The highest BCUT2D eigenvalue weighted by Gasteiger charge is 2.07. The Morgan fingerprint density at radius 1 is 1.38 bits per heavy atom. The summed E-state index contributed by atoms with van der Waals surface area (Å²) in [7, 11) is 1.71. The first-order valence-corrected chi connectivity index (χ1v) is 4.38. The zero-order chi connectivity index (χ0) is 9.26. The molecule has 1 aromatic carbocycles. The van der Waals surface area contributed by atoms with Gasteiger partial charge in [-0.2, -0.15) is 0 Å². The minimum absolute atomic E-state index is 0.913. The third-order valence-corrected chi connectivity index (χ3v) is 2.33. The van der Waals surface area contributed by atoms with E-state index in [-0.39, 0.29) is 0 Å². The number of nitrogens with one attached hydrogen (secondary N) is 1. The van der Waals surface area contributed by atoms with Crippen molar-refractivity contribution < 1.29 is 4.74 Å². The Hall–Kier alpha value is -1.44. The Labute approximate surface area is 78.2 Å². The fourth-order valence-electron chi connectivity index (χ4n) is 1.61. The first kappa shape index (κ1) is 8.17. The summed E-state index contributed by atoms with van der Waals surface area (Å²) in [5.74, 6) is 0.963. The van der Waals surface area contributed by atoms with Crippen molar-refractivity contribution in [1.82, 2.24) is 5.32 Å². The molecule has 1 aromatic rings. The monoisotopic (exact) mass is 175 g/mol. The van der Waals surface area contributed by atoms with Crippen LogP contribution in [0.4, 0.5) is 0 Å². The van der Waals surface area contributed by atoms with Gasteiger partial charge in [-0.1, -0.05) is 6.07 Å². The fraction of sp³-hybridized carbons (Fsp3) is 0.273. The number of hydrogen-bond acceptors (Lipinski definition) is 2. The summed E-state index contributed by atoms with van der Waals surface area (Å²) in [6.07, 6.45) is 4.04. The second-order valence-corrected chi connectivity index (χ2v) is 3.23. The molecule has 2 nitrogen and oxygen atoms in total. The third-order valence-electron chi connectivity index (χ3n) is 2.33. The van der Waals surface area contributed by atoms with Crippen LogP contribution < -0.4 is 10.1 Å². The van der Waals surface area contributed by atoms with Crippen LogP contribution in [0, 0.1) is 6.92 Å². The first-order valence-electron chi connectivity index (χ1n) is 4.38. The van der Waals surface area contributed by atoms with Crippen molar-refractivity contribution in [2.45, 2.75) is 13.5 Å². The van der Waals surface area contributed by atoms with Gasteiger partial charge in [0.2, 0.25) is 0 Å². The van der Waals surface area contributed by atoms with E-state index in [0.29, 0.717) is 0 Å². The van der Waals surface area contributed by atoms with Gasteiger partial charge in [0.05, 0.1) is 7.11 Å². The summed E-state index contributed by atoms with van der Waals surface area (Å²) in [5, 5.41) is 3.18. The molecule has 1 N–H and O–H groups in total. The van der Waals surface area contributed by atoms with Crippen LogP contribution in [0.1, 0.15) is 16.7 Å². The lowest BCUT2D eigenvalue weighted by Gasteiger charge is -2.15. The summed E-state index contributed by atoms with van der Waals surface area (Å²) in [5.41, 5.74) is 3.78. The summed E-state index contributed by atoms with van der Waals surface area (Å²) in [6, 6.07) is 4.26. The Morgan fingerprint density at radius 3 is 3.00 bits per heavy atom. The van der Waals surface area contributed by atoms with E-state index < -0.39 is 0 Å². The normalized spacial score (nSPS) is 13.4. The predicted octanol–water partition coefficient (Wildman–Crippen LogP) is 2.08. The van der Waals surface area contributed by atoms with E-state index in [2.05, 4.69) is 30.4 Å². The smallest absolute Gasteiger partial charge is 0.122 e. The number of rotatable bonds is 1. The van der Waals surface area contributed by atoms with E-state index in [1.807, 2.05) is 6.20 Å². The molecule has 0 aliphatic carbocycles. The van der Waals surface area contributed by atoms with Gasteiger partial charge in [0.25, 0.3) is 0 Å². The Bertz CT molecular complexity index is 355. The van der Waals surface area contributed by atoms with E-state index in [1.54, 1.807) is 7.11 Å². The molecule has 0 unspecified atom stereocenters. The molecule has 68 valence electrons. The molecule has 0 fully saturated rings. The summed E-state index contributed by atoms with van der Waals surface area (Å²) < 4.78 is 5.26. The molecule has 1 aliphatic heterocycles. The van der Waals surface area contributed by atoms with Crippen LogP contribution in [0.2, 0.25) is 0 Å². The molecule has 0 amide bonds. The lowest BCUT2D eigenvalue weighted by Crippen LogP contribution is -2.10. The first-order chi connectivity index (χ1) is 6.31. The van der Waals surface area contributed by atoms with Gasteiger partial charge in [-0.25, -0.2) is 0 Å². The van der Waals surface area contributed by atoms with Crippen molar-refractivity contribution >= 4 is 6.08 Å². The van der Waals surface area contributed by atoms with Gasteiger partial charge in [-0.05, 0) is 42.0 Å². The van der Waals surface area contributed by atoms with E-state index >= 15 is 0 Å². The minimum atomic E-state index is 0.913. The van der Waals surface area contributed by atoms with Gasteiger partial charge in [-0.15, -0.1) is 0 Å². The van der Waals surface area contributed by atoms with Crippen molar-refractivity contribution in [1.29, 1.82) is 0 Å². The number of ether oxygens (including phenoxy) is 1. The summed E-state index contributed by atoms with van der Waals surface area (Å²) in [4.78, 5) is 0. The zero-order valence-electron chi connectivity index (χ0n) is 7.92. The number of hydrogen-bond donors (Lipinski definition) is 1. The molecular weight excluding hydrogens is 162 g/mol. The largest absolute Gasteiger partial charge is 0.496 e. The molecule has 2 rings (SSSR count). The van der Waals surface area contributed by atoms with Crippen molar-refractivity contribution in [3.05, 3.63) is 35.0 Å². The van der Waals surface area contributed by atoms with E-state index in [1.165, 1.54) is 16.7 Å². The standard InChI is InChI=1S/C11H13NO/c1-8-5-10-7-12-4-3-9(10)6-11(8)13-2/h3-6,12H,7H2,1-2H3. The van der Waals surface area contributed by atoms with E-state index in [4.69, 9.17) is 4.74 Å². The molecule has 1 heterocycles. The minimum Gasteiger partial charge on any atom is -0.496 e. The zero-order valence-corrected chi connectivity index (χ0v) is 7.92. The third kappa shape index (κ3) is 1.39. The van der Waals surface area contributed by atoms with Gasteiger partial charge >= 0.3 is 0 Å². The molecule has 0 aromatic heterocycles. The predicted molar refractivity (Wildman–Crippen MR) is 53.6 cm³/mol. The molecule has 13 heavy (non-hydrogen) atoms. The van der Waals surface area contributed by atoms with Crippen molar-refractivity contribution in [2.24, 2.45) is 0 Å². The number of benzene rings is 1. The molecule has 0 spiro atoms. The maximum Gasteiger partial charge on any atom is 0.122 e. The highest BCUT2D eigenvalue weighted by Crippen LogP contribution is 2.25. The lowest BCUT2D eigenvalue weighted by molar-refractivity contribution is 0.411. The molecule has 0 bridgehead atoms. The summed E-state index contributed by atoms with van der Waals surface area (Å²) >= 11 is 0. The highest BCUT2D eigenvalue weighted by atomic mass is 16.5. The molecule has 1 aliphatic rings. The Kier molecular flexibility index (Phi) is 1.97. The number of methoxy groups -OCH3 is 1. The highest BCUT2D eigenvalue weighted by molar-refractivity contribution is 5.59. The molecule has 2 heteroatoms. The van der Waals surface area contributed by atoms with Gasteiger partial charge in [0, 0.05) is 6.54 Å². The van der Waals surface area contributed by atoms with Crippen LogP contribution >= 0.6 is 0 Å².